The summed E-state index contributed by atoms with van der Waals surface area (Å²) in [5, 5.41) is 12.4. The zero-order chi connectivity index (χ0) is 15.2. The van der Waals surface area contributed by atoms with Gasteiger partial charge in [-0.05, 0) is 42.3 Å². The zero-order valence-corrected chi connectivity index (χ0v) is 11.6. The van der Waals surface area contributed by atoms with E-state index in [-0.39, 0.29) is 17.5 Å². The van der Waals surface area contributed by atoms with Crippen LogP contribution in [0.1, 0.15) is 15.9 Å². The lowest BCUT2D eigenvalue weighted by atomic mass is 10.1. The number of hydrogen-bond donors (Lipinski definition) is 2. The van der Waals surface area contributed by atoms with Crippen molar-refractivity contribution in [3.05, 3.63) is 59.4 Å². The third kappa shape index (κ3) is 3.95. The van der Waals surface area contributed by atoms with Gasteiger partial charge in [0, 0.05) is 12.1 Å². The SMILES string of the molecule is COc1ccc(C(=O)NCCc2ccc(F)cc2)cc1O. The summed E-state index contributed by atoms with van der Waals surface area (Å²) >= 11 is 0. The number of phenols is 1. The molecule has 5 heteroatoms. The average Bonchev–Trinajstić information content (AvgIpc) is 2.49. The number of rotatable bonds is 5. The van der Waals surface area contributed by atoms with Gasteiger partial charge in [0.1, 0.15) is 5.82 Å². The fraction of sp³-hybridized carbons (Fsp3) is 0.188. The van der Waals surface area contributed by atoms with E-state index < -0.39 is 0 Å². The first-order valence-corrected chi connectivity index (χ1v) is 6.50. The summed E-state index contributed by atoms with van der Waals surface area (Å²) in [5.74, 6) is -0.326. The molecule has 0 saturated carbocycles. The molecule has 0 spiro atoms. The van der Waals surface area contributed by atoms with Crippen molar-refractivity contribution in [3.63, 3.8) is 0 Å². The molecule has 0 aromatic heterocycles. The number of carbonyl (C=O) groups is 1. The third-order valence-electron chi connectivity index (χ3n) is 3.05. The van der Waals surface area contributed by atoms with E-state index in [9.17, 15) is 14.3 Å². The minimum atomic E-state index is -0.282. The summed E-state index contributed by atoms with van der Waals surface area (Å²) in [6.07, 6.45) is 0.605. The smallest absolute Gasteiger partial charge is 0.251 e. The first-order valence-electron chi connectivity index (χ1n) is 6.50. The van der Waals surface area contributed by atoms with E-state index in [2.05, 4.69) is 5.32 Å². The zero-order valence-electron chi connectivity index (χ0n) is 11.6. The van der Waals surface area contributed by atoms with E-state index >= 15 is 0 Å². The summed E-state index contributed by atoms with van der Waals surface area (Å²) in [6.45, 7) is 0.428. The van der Waals surface area contributed by atoms with Gasteiger partial charge >= 0.3 is 0 Å². The van der Waals surface area contributed by atoms with E-state index in [1.165, 1.54) is 31.4 Å². The molecule has 2 rings (SSSR count). The van der Waals surface area contributed by atoms with E-state index in [1.54, 1.807) is 18.2 Å². The van der Waals surface area contributed by atoms with Crippen LogP contribution in [0.3, 0.4) is 0 Å². The van der Waals surface area contributed by atoms with E-state index in [0.717, 1.165) is 5.56 Å². The molecular weight excluding hydrogens is 273 g/mol. The molecule has 0 aliphatic carbocycles. The van der Waals surface area contributed by atoms with Crippen LogP contribution in [0.2, 0.25) is 0 Å². The van der Waals surface area contributed by atoms with Crippen LogP contribution >= 0.6 is 0 Å². The molecule has 1 amide bonds. The minimum absolute atomic E-state index is 0.0799. The van der Waals surface area contributed by atoms with Crippen LogP contribution in [-0.4, -0.2) is 24.7 Å². The van der Waals surface area contributed by atoms with Gasteiger partial charge in [0.25, 0.3) is 5.91 Å². The lowest BCUT2D eigenvalue weighted by Gasteiger charge is -2.08. The fourth-order valence-corrected chi connectivity index (χ4v) is 1.90. The molecule has 21 heavy (non-hydrogen) atoms. The van der Waals surface area contributed by atoms with Crippen LogP contribution in [0.5, 0.6) is 11.5 Å². The summed E-state index contributed by atoms with van der Waals surface area (Å²) < 4.78 is 17.7. The highest BCUT2D eigenvalue weighted by Crippen LogP contribution is 2.26. The van der Waals surface area contributed by atoms with Crippen molar-refractivity contribution in [1.82, 2.24) is 5.32 Å². The Labute approximate surface area is 122 Å². The van der Waals surface area contributed by atoms with Crippen LogP contribution in [0.15, 0.2) is 42.5 Å². The van der Waals surface area contributed by atoms with Crippen molar-refractivity contribution >= 4 is 5.91 Å². The fourth-order valence-electron chi connectivity index (χ4n) is 1.90. The Morgan fingerprint density at radius 3 is 2.57 bits per heavy atom. The predicted octanol–water partition coefficient (Wildman–Crippen LogP) is 2.51. The highest BCUT2D eigenvalue weighted by Gasteiger charge is 2.09. The maximum Gasteiger partial charge on any atom is 0.251 e. The van der Waals surface area contributed by atoms with Gasteiger partial charge in [-0.1, -0.05) is 12.1 Å². The second-order valence-electron chi connectivity index (χ2n) is 4.52. The molecular formula is C16H16FNO3. The van der Waals surface area contributed by atoms with Crippen LogP contribution in [0.4, 0.5) is 4.39 Å². The van der Waals surface area contributed by atoms with Gasteiger partial charge in [-0.2, -0.15) is 0 Å². The van der Waals surface area contributed by atoms with Crippen molar-refractivity contribution < 1.29 is 19.0 Å². The van der Waals surface area contributed by atoms with Crippen LogP contribution < -0.4 is 10.1 Å². The highest BCUT2D eigenvalue weighted by atomic mass is 19.1. The van der Waals surface area contributed by atoms with Gasteiger partial charge in [-0.25, -0.2) is 4.39 Å². The number of aromatic hydroxyl groups is 1. The number of methoxy groups -OCH3 is 1. The maximum absolute atomic E-state index is 12.8. The van der Waals surface area contributed by atoms with Gasteiger partial charge in [0.15, 0.2) is 11.5 Å². The summed E-state index contributed by atoms with van der Waals surface area (Å²) in [6, 6.07) is 10.6. The Morgan fingerprint density at radius 2 is 1.95 bits per heavy atom. The van der Waals surface area contributed by atoms with E-state index in [0.29, 0.717) is 24.3 Å². The van der Waals surface area contributed by atoms with Gasteiger partial charge < -0.3 is 15.2 Å². The topological polar surface area (TPSA) is 58.6 Å². The van der Waals surface area contributed by atoms with Crippen LogP contribution in [0.25, 0.3) is 0 Å². The molecule has 0 aliphatic heterocycles. The number of halogens is 1. The summed E-state index contributed by atoms with van der Waals surface area (Å²) in [5.41, 5.74) is 1.29. The number of ether oxygens (including phenoxy) is 1. The largest absolute Gasteiger partial charge is 0.504 e. The van der Waals surface area contributed by atoms with Crippen LogP contribution in [-0.2, 0) is 6.42 Å². The molecule has 4 nitrogen and oxygen atoms in total. The first kappa shape index (κ1) is 14.8. The summed E-state index contributed by atoms with van der Waals surface area (Å²) in [4.78, 5) is 11.9. The molecule has 0 radical (unpaired) electrons. The Kier molecular flexibility index (Phi) is 4.77. The molecule has 0 fully saturated rings. The first-order chi connectivity index (χ1) is 10.1. The van der Waals surface area contributed by atoms with Gasteiger partial charge in [-0.3, -0.25) is 4.79 Å². The summed E-state index contributed by atoms with van der Waals surface area (Å²) in [7, 11) is 1.44. The molecule has 0 atom stereocenters. The maximum atomic E-state index is 12.8. The number of phenolic OH excluding ortho intramolecular Hbond substituents is 1. The monoisotopic (exact) mass is 289 g/mol. The van der Waals surface area contributed by atoms with Gasteiger partial charge in [0.05, 0.1) is 7.11 Å². The quantitative estimate of drug-likeness (QED) is 0.889. The number of carbonyl (C=O) groups excluding carboxylic acids is 1. The third-order valence-corrected chi connectivity index (χ3v) is 3.05. The molecule has 0 bridgehead atoms. The number of nitrogens with one attached hydrogen (secondary N) is 1. The molecule has 2 aromatic rings. The Hall–Kier alpha value is -2.56. The second kappa shape index (κ2) is 6.74. The molecule has 0 unspecified atom stereocenters. The lowest BCUT2D eigenvalue weighted by Crippen LogP contribution is -2.25. The number of hydrogen-bond acceptors (Lipinski definition) is 3. The Bertz CT molecular complexity index is 626. The number of amides is 1. The predicted molar refractivity (Wildman–Crippen MR) is 77.1 cm³/mol. The highest BCUT2D eigenvalue weighted by molar-refractivity contribution is 5.94. The molecule has 2 aromatic carbocycles. The van der Waals surface area contributed by atoms with Gasteiger partial charge in [-0.15, -0.1) is 0 Å². The Balaban J connectivity index is 1.89. The van der Waals surface area contributed by atoms with Crippen molar-refractivity contribution in [2.75, 3.05) is 13.7 Å². The van der Waals surface area contributed by atoms with Crippen molar-refractivity contribution in [1.29, 1.82) is 0 Å². The van der Waals surface area contributed by atoms with Crippen molar-refractivity contribution in [2.45, 2.75) is 6.42 Å². The number of benzene rings is 2. The molecule has 0 heterocycles. The molecule has 2 N–H and O–H groups in total. The molecule has 0 aliphatic rings. The minimum Gasteiger partial charge on any atom is -0.504 e. The lowest BCUT2D eigenvalue weighted by molar-refractivity contribution is 0.0953. The second-order valence-corrected chi connectivity index (χ2v) is 4.52. The molecule has 110 valence electrons. The van der Waals surface area contributed by atoms with Crippen molar-refractivity contribution in [2.24, 2.45) is 0 Å². The Morgan fingerprint density at radius 1 is 1.24 bits per heavy atom. The van der Waals surface area contributed by atoms with Gasteiger partial charge in [0.2, 0.25) is 0 Å². The average molecular weight is 289 g/mol. The standard InChI is InChI=1S/C16H16FNO3/c1-21-15-7-4-12(10-14(15)19)16(20)18-9-8-11-2-5-13(17)6-3-11/h2-7,10,19H,8-9H2,1H3,(H,18,20). The van der Waals surface area contributed by atoms with Crippen molar-refractivity contribution in [3.8, 4) is 11.5 Å². The molecule has 0 saturated heterocycles. The van der Waals surface area contributed by atoms with Crippen LogP contribution in [0, 0.1) is 5.82 Å². The van der Waals surface area contributed by atoms with E-state index in [1.807, 2.05) is 0 Å². The normalized spacial score (nSPS) is 10.2. The van der Waals surface area contributed by atoms with E-state index in [4.69, 9.17) is 4.74 Å².